The monoisotopic (exact) mass is 479 g/mol. The van der Waals surface area contributed by atoms with Gasteiger partial charge < -0.3 is 24.4 Å². The fraction of sp³-hybridized carbons (Fsp3) is 0.947. The first-order valence-corrected chi connectivity index (χ1v) is 10.0. The number of hydrogen-bond acceptors (Lipinski definition) is 4. The Labute approximate surface area is 174 Å². The second kappa shape index (κ2) is 8.49. The van der Waals surface area contributed by atoms with Gasteiger partial charge in [0.2, 0.25) is 0 Å². The topological polar surface area (TPSA) is 55.3 Å². The van der Waals surface area contributed by atoms with Crippen molar-refractivity contribution in [1.29, 1.82) is 0 Å². The van der Waals surface area contributed by atoms with Crippen LogP contribution in [0.1, 0.15) is 40.0 Å². The van der Waals surface area contributed by atoms with Crippen LogP contribution in [-0.4, -0.2) is 74.7 Å². The smallest absolute Gasteiger partial charge is 0.194 e. The Balaban J connectivity index is 0.00000196. The summed E-state index contributed by atoms with van der Waals surface area (Å²) < 4.78 is 17.8. The van der Waals surface area contributed by atoms with E-state index in [0.29, 0.717) is 18.1 Å². The van der Waals surface area contributed by atoms with E-state index in [-0.39, 0.29) is 41.6 Å². The first kappa shape index (κ1) is 20.6. The van der Waals surface area contributed by atoms with E-state index < -0.39 is 0 Å². The van der Waals surface area contributed by atoms with Crippen molar-refractivity contribution < 1.29 is 14.2 Å². The van der Waals surface area contributed by atoms with Gasteiger partial charge in [0.15, 0.2) is 5.96 Å². The molecule has 0 radical (unpaired) electrons. The van der Waals surface area contributed by atoms with Gasteiger partial charge in [-0.1, -0.05) is 13.8 Å². The van der Waals surface area contributed by atoms with E-state index in [0.717, 1.165) is 64.7 Å². The average Bonchev–Trinajstić information content (AvgIpc) is 3.29. The van der Waals surface area contributed by atoms with Gasteiger partial charge in [0.1, 0.15) is 6.10 Å². The number of rotatable bonds is 3. The maximum absolute atomic E-state index is 6.01. The summed E-state index contributed by atoms with van der Waals surface area (Å²) in [6, 6.07) is 0.439. The number of fused-ring (bicyclic) bond motifs is 1. The molecule has 1 saturated carbocycles. The standard InChI is InChI=1S/C19H33N3O3.HI/c1-4-20-18(21-16-13-7-10-25-17(13)19(16,2)3)22-8-11-24-15(12-22)14-6-5-9-23-14;/h13-17H,4-12H2,1-3H3,(H,20,21);1H. The van der Waals surface area contributed by atoms with Crippen molar-refractivity contribution in [3.63, 3.8) is 0 Å². The highest BCUT2D eigenvalue weighted by atomic mass is 127. The lowest BCUT2D eigenvalue weighted by molar-refractivity contribution is -0.109. The van der Waals surface area contributed by atoms with Gasteiger partial charge >= 0.3 is 0 Å². The van der Waals surface area contributed by atoms with Crippen molar-refractivity contribution in [3.05, 3.63) is 0 Å². The van der Waals surface area contributed by atoms with Gasteiger partial charge in [0, 0.05) is 50.2 Å². The molecule has 4 rings (SSSR count). The second-order valence-electron chi connectivity index (χ2n) is 8.39. The molecule has 5 unspecified atom stereocenters. The van der Waals surface area contributed by atoms with Crippen LogP contribution < -0.4 is 5.32 Å². The first-order chi connectivity index (χ1) is 12.1. The molecule has 0 bridgehead atoms. The molecule has 4 fully saturated rings. The van der Waals surface area contributed by atoms with Gasteiger partial charge in [0.25, 0.3) is 0 Å². The van der Waals surface area contributed by atoms with Crippen molar-refractivity contribution in [1.82, 2.24) is 10.2 Å². The number of ether oxygens (including phenoxy) is 3. The molecule has 1 aliphatic carbocycles. The third kappa shape index (κ3) is 3.73. The Morgan fingerprint density at radius 3 is 2.65 bits per heavy atom. The van der Waals surface area contributed by atoms with Crippen molar-refractivity contribution >= 4 is 29.9 Å². The summed E-state index contributed by atoms with van der Waals surface area (Å²) in [4.78, 5) is 7.18. The molecule has 150 valence electrons. The third-order valence-electron chi connectivity index (χ3n) is 6.47. The van der Waals surface area contributed by atoms with E-state index in [4.69, 9.17) is 19.2 Å². The van der Waals surface area contributed by atoms with Gasteiger partial charge in [-0.05, 0) is 26.2 Å². The summed E-state index contributed by atoms with van der Waals surface area (Å²) in [6.45, 7) is 11.8. The predicted molar refractivity (Wildman–Crippen MR) is 112 cm³/mol. The quantitative estimate of drug-likeness (QED) is 0.383. The Morgan fingerprint density at radius 2 is 1.92 bits per heavy atom. The van der Waals surface area contributed by atoms with Crippen molar-refractivity contribution in [2.75, 3.05) is 39.5 Å². The molecule has 0 aromatic heterocycles. The summed E-state index contributed by atoms with van der Waals surface area (Å²) in [6.07, 6.45) is 4.24. The number of guanidine groups is 1. The molecule has 0 aromatic rings. The summed E-state index contributed by atoms with van der Waals surface area (Å²) in [5, 5.41) is 3.80. The highest BCUT2D eigenvalue weighted by molar-refractivity contribution is 14.0. The largest absolute Gasteiger partial charge is 0.377 e. The molecule has 4 aliphatic rings. The minimum atomic E-state index is 0. The van der Waals surface area contributed by atoms with Gasteiger partial charge in [-0.2, -0.15) is 0 Å². The maximum atomic E-state index is 6.01. The lowest BCUT2D eigenvalue weighted by Gasteiger charge is -2.55. The van der Waals surface area contributed by atoms with Crippen molar-refractivity contribution in [2.24, 2.45) is 16.3 Å². The van der Waals surface area contributed by atoms with E-state index in [2.05, 4.69) is 31.0 Å². The highest BCUT2D eigenvalue weighted by Gasteiger charge is 2.59. The number of aliphatic imine (C=N–C) groups is 1. The molecule has 3 heterocycles. The molecule has 26 heavy (non-hydrogen) atoms. The normalized spacial score (nSPS) is 39.1. The Kier molecular flexibility index (Phi) is 6.73. The number of nitrogens with zero attached hydrogens (tertiary/aromatic N) is 2. The van der Waals surface area contributed by atoms with Crippen LogP contribution >= 0.6 is 24.0 Å². The third-order valence-corrected chi connectivity index (χ3v) is 6.47. The first-order valence-electron chi connectivity index (χ1n) is 10.0. The number of halogens is 1. The van der Waals surface area contributed by atoms with Gasteiger partial charge in [-0.15, -0.1) is 24.0 Å². The fourth-order valence-electron chi connectivity index (χ4n) is 5.13. The molecule has 3 saturated heterocycles. The number of nitrogens with one attached hydrogen (secondary N) is 1. The van der Waals surface area contributed by atoms with E-state index in [1.165, 1.54) is 0 Å². The fourth-order valence-corrected chi connectivity index (χ4v) is 5.13. The predicted octanol–water partition coefficient (Wildman–Crippen LogP) is 2.26. The van der Waals surface area contributed by atoms with Gasteiger partial charge in [-0.25, -0.2) is 0 Å². The lowest BCUT2D eigenvalue weighted by atomic mass is 9.57. The molecular formula is C19H34IN3O3. The maximum Gasteiger partial charge on any atom is 0.194 e. The van der Waals surface area contributed by atoms with Gasteiger partial charge in [0.05, 0.1) is 18.8 Å². The van der Waals surface area contributed by atoms with Crippen molar-refractivity contribution in [3.8, 4) is 0 Å². The molecule has 3 aliphatic heterocycles. The van der Waals surface area contributed by atoms with Crippen LogP contribution in [0.3, 0.4) is 0 Å². The molecular weight excluding hydrogens is 445 g/mol. The highest BCUT2D eigenvalue weighted by Crippen LogP contribution is 2.52. The zero-order valence-electron chi connectivity index (χ0n) is 16.3. The Bertz CT molecular complexity index is 510. The molecule has 0 spiro atoms. The molecule has 0 amide bonds. The van der Waals surface area contributed by atoms with Crippen LogP contribution in [0.5, 0.6) is 0 Å². The molecule has 5 atom stereocenters. The van der Waals surface area contributed by atoms with Crippen LogP contribution in [0.4, 0.5) is 0 Å². The van der Waals surface area contributed by atoms with E-state index in [1.807, 2.05) is 0 Å². The van der Waals surface area contributed by atoms with Crippen molar-refractivity contribution in [2.45, 2.75) is 64.4 Å². The molecule has 7 heteroatoms. The second-order valence-corrected chi connectivity index (χ2v) is 8.39. The van der Waals surface area contributed by atoms with Crippen LogP contribution in [0.25, 0.3) is 0 Å². The minimum absolute atomic E-state index is 0. The van der Waals surface area contributed by atoms with Crippen LogP contribution in [0, 0.1) is 11.3 Å². The lowest BCUT2D eigenvalue weighted by Crippen LogP contribution is -2.68. The van der Waals surface area contributed by atoms with Crippen LogP contribution in [0.15, 0.2) is 4.99 Å². The summed E-state index contributed by atoms with van der Waals surface area (Å²) in [5.74, 6) is 1.66. The summed E-state index contributed by atoms with van der Waals surface area (Å²) in [7, 11) is 0. The van der Waals surface area contributed by atoms with E-state index in [9.17, 15) is 0 Å². The van der Waals surface area contributed by atoms with Gasteiger partial charge in [-0.3, -0.25) is 4.99 Å². The zero-order chi connectivity index (χ0) is 17.4. The Hall–Kier alpha value is -0.120. The van der Waals surface area contributed by atoms with E-state index >= 15 is 0 Å². The zero-order valence-corrected chi connectivity index (χ0v) is 18.6. The molecule has 0 aromatic carbocycles. The SMILES string of the molecule is CCN=C(NC1C2CCOC2C1(C)C)N1CCOC(C2CCCO2)C1.I. The average molecular weight is 479 g/mol. The summed E-state index contributed by atoms with van der Waals surface area (Å²) in [5.41, 5.74) is 0.163. The summed E-state index contributed by atoms with van der Waals surface area (Å²) >= 11 is 0. The van der Waals surface area contributed by atoms with E-state index in [1.54, 1.807) is 0 Å². The number of hydrogen-bond donors (Lipinski definition) is 1. The van der Waals surface area contributed by atoms with Crippen LogP contribution in [0.2, 0.25) is 0 Å². The Morgan fingerprint density at radius 1 is 1.12 bits per heavy atom. The molecule has 1 N–H and O–H groups in total. The van der Waals surface area contributed by atoms with Crippen LogP contribution in [-0.2, 0) is 14.2 Å². The molecule has 6 nitrogen and oxygen atoms in total. The minimum Gasteiger partial charge on any atom is -0.377 e. The number of morpholine rings is 1.